The van der Waals surface area contributed by atoms with Crippen LogP contribution in [0.15, 0.2) is 48.5 Å². The summed E-state index contributed by atoms with van der Waals surface area (Å²) in [5, 5.41) is 0. The van der Waals surface area contributed by atoms with Gasteiger partial charge in [0.1, 0.15) is 6.61 Å². The average molecular weight is 354 g/mol. The van der Waals surface area contributed by atoms with Crippen molar-refractivity contribution in [2.75, 3.05) is 6.61 Å². The third-order valence-corrected chi connectivity index (χ3v) is 4.20. The normalized spacial score (nSPS) is 15.2. The van der Waals surface area contributed by atoms with Crippen LogP contribution in [0.1, 0.15) is 24.5 Å². The molecule has 0 fully saturated rings. The Hall–Kier alpha value is -3.02. The summed E-state index contributed by atoms with van der Waals surface area (Å²) in [6, 6.07) is 15.3. The molecule has 2 N–H and O–H groups in total. The minimum Gasteiger partial charge on any atom is -0.485 e. The van der Waals surface area contributed by atoms with E-state index in [9.17, 15) is 9.59 Å². The first-order valence-corrected chi connectivity index (χ1v) is 8.70. The number of hydrogen-bond donors (Lipinski definition) is 2. The lowest BCUT2D eigenvalue weighted by atomic mass is 10.1. The number of nitrogens with one attached hydrogen (secondary N) is 2. The highest BCUT2D eigenvalue weighted by Gasteiger charge is 2.27. The van der Waals surface area contributed by atoms with E-state index in [2.05, 4.69) is 29.9 Å². The lowest BCUT2D eigenvalue weighted by Gasteiger charge is -2.25. The van der Waals surface area contributed by atoms with Crippen LogP contribution in [0.3, 0.4) is 0 Å². The zero-order valence-electron chi connectivity index (χ0n) is 14.7. The average Bonchev–Trinajstić information content (AvgIpc) is 2.70. The third-order valence-electron chi connectivity index (χ3n) is 4.20. The minimum absolute atomic E-state index is 0.0997. The van der Waals surface area contributed by atoms with Crippen LogP contribution in [-0.4, -0.2) is 24.5 Å². The second kappa shape index (κ2) is 8.38. The van der Waals surface area contributed by atoms with E-state index in [4.69, 9.17) is 9.47 Å². The van der Waals surface area contributed by atoms with Crippen LogP contribution in [0.5, 0.6) is 11.5 Å². The number of benzene rings is 2. The van der Waals surface area contributed by atoms with E-state index in [1.165, 1.54) is 5.56 Å². The number of carbonyl (C=O) groups excluding carboxylic acids is 2. The van der Waals surface area contributed by atoms with Gasteiger partial charge >= 0.3 is 0 Å². The molecule has 2 amide bonds. The fraction of sp³-hybridized carbons (Fsp3) is 0.300. The summed E-state index contributed by atoms with van der Waals surface area (Å²) in [5.41, 5.74) is 7.17. The van der Waals surface area contributed by atoms with Crippen LogP contribution in [0, 0.1) is 0 Å². The molecule has 6 heteroatoms. The van der Waals surface area contributed by atoms with Crippen molar-refractivity contribution in [2.45, 2.75) is 32.3 Å². The van der Waals surface area contributed by atoms with Crippen molar-refractivity contribution < 1.29 is 19.1 Å². The van der Waals surface area contributed by atoms with Gasteiger partial charge in [-0.3, -0.25) is 20.4 Å². The number of amides is 2. The van der Waals surface area contributed by atoms with Gasteiger partial charge in [0.2, 0.25) is 12.0 Å². The molecule has 136 valence electrons. The van der Waals surface area contributed by atoms with Gasteiger partial charge < -0.3 is 9.47 Å². The summed E-state index contributed by atoms with van der Waals surface area (Å²) in [4.78, 5) is 24.1. The third kappa shape index (κ3) is 4.53. The summed E-state index contributed by atoms with van der Waals surface area (Å²) < 4.78 is 11.1. The Morgan fingerprint density at radius 1 is 1.00 bits per heavy atom. The van der Waals surface area contributed by atoms with Crippen molar-refractivity contribution >= 4 is 11.8 Å². The number of ether oxygens (including phenoxy) is 2. The first-order valence-electron chi connectivity index (χ1n) is 8.70. The van der Waals surface area contributed by atoms with Crippen LogP contribution >= 0.6 is 0 Å². The molecule has 1 aliphatic heterocycles. The van der Waals surface area contributed by atoms with Gasteiger partial charge in [-0.1, -0.05) is 43.3 Å². The first-order chi connectivity index (χ1) is 12.7. The largest absolute Gasteiger partial charge is 0.485 e. The molecule has 0 spiro atoms. The van der Waals surface area contributed by atoms with Crippen LogP contribution in [0.25, 0.3) is 0 Å². The Bertz CT molecular complexity index is 774. The number of hydrogen-bond acceptors (Lipinski definition) is 4. The molecule has 1 heterocycles. The van der Waals surface area contributed by atoms with E-state index in [1.54, 1.807) is 18.2 Å². The van der Waals surface area contributed by atoms with Gasteiger partial charge in [0, 0.05) is 6.42 Å². The molecule has 0 radical (unpaired) electrons. The van der Waals surface area contributed by atoms with E-state index >= 15 is 0 Å². The van der Waals surface area contributed by atoms with Crippen LogP contribution in [0.4, 0.5) is 0 Å². The topological polar surface area (TPSA) is 76.7 Å². The molecule has 0 aliphatic carbocycles. The van der Waals surface area contributed by atoms with Gasteiger partial charge in [-0.2, -0.15) is 0 Å². The molecule has 2 aromatic carbocycles. The molecule has 1 atom stereocenters. The smallest absolute Gasteiger partial charge is 0.283 e. The fourth-order valence-corrected chi connectivity index (χ4v) is 2.62. The Labute approximate surface area is 152 Å². The zero-order valence-corrected chi connectivity index (χ0v) is 14.7. The number of hydrazine groups is 1. The van der Waals surface area contributed by atoms with Crippen molar-refractivity contribution in [3.05, 3.63) is 59.7 Å². The highest BCUT2D eigenvalue weighted by molar-refractivity contribution is 5.85. The molecule has 6 nitrogen and oxygen atoms in total. The van der Waals surface area contributed by atoms with Crippen molar-refractivity contribution in [2.24, 2.45) is 0 Å². The number of fused-ring (bicyclic) bond motifs is 1. The van der Waals surface area contributed by atoms with Crippen molar-refractivity contribution in [1.82, 2.24) is 10.9 Å². The van der Waals surface area contributed by atoms with Gasteiger partial charge in [0.15, 0.2) is 11.5 Å². The van der Waals surface area contributed by atoms with E-state index in [0.717, 1.165) is 12.0 Å². The van der Waals surface area contributed by atoms with Gasteiger partial charge in [-0.25, -0.2) is 0 Å². The van der Waals surface area contributed by atoms with Crippen LogP contribution in [0.2, 0.25) is 0 Å². The highest BCUT2D eigenvalue weighted by Crippen LogP contribution is 2.30. The Morgan fingerprint density at radius 2 is 1.69 bits per heavy atom. The molecule has 1 aliphatic rings. The molecule has 0 saturated carbocycles. The van der Waals surface area contributed by atoms with Gasteiger partial charge in [-0.05, 0) is 36.1 Å². The standard InChI is InChI=1S/C20H22N2O4/c1-2-14-7-9-15(10-8-14)11-12-19(23)21-22-20(24)18-13-25-16-5-3-4-6-17(16)26-18/h3-10,18H,2,11-13H2,1H3,(H,21,23)(H,22,24). The van der Waals surface area contributed by atoms with Crippen molar-refractivity contribution in [3.8, 4) is 11.5 Å². The molecule has 26 heavy (non-hydrogen) atoms. The molecule has 0 aromatic heterocycles. The molecule has 0 bridgehead atoms. The second-order valence-electron chi connectivity index (χ2n) is 6.07. The second-order valence-corrected chi connectivity index (χ2v) is 6.07. The predicted octanol–water partition coefficient (Wildman–Crippen LogP) is 2.17. The van der Waals surface area contributed by atoms with E-state index in [-0.39, 0.29) is 18.9 Å². The molecular formula is C20H22N2O4. The Kier molecular flexibility index (Phi) is 5.73. The van der Waals surface area contributed by atoms with Crippen molar-refractivity contribution in [3.63, 3.8) is 0 Å². The summed E-state index contributed by atoms with van der Waals surface area (Å²) in [6.45, 7) is 2.20. The summed E-state index contributed by atoms with van der Waals surface area (Å²) in [5.74, 6) is 0.422. The van der Waals surface area contributed by atoms with Gasteiger partial charge in [0.05, 0.1) is 0 Å². The highest BCUT2D eigenvalue weighted by atomic mass is 16.6. The van der Waals surface area contributed by atoms with Gasteiger partial charge in [-0.15, -0.1) is 0 Å². The predicted molar refractivity (Wildman–Crippen MR) is 96.8 cm³/mol. The molecule has 1 unspecified atom stereocenters. The van der Waals surface area contributed by atoms with Crippen molar-refractivity contribution in [1.29, 1.82) is 0 Å². The Balaban J connectivity index is 1.42. The quantitative estimate of drug-likeness (QED) is 0.807. The van der Waals surface area contributed by atoms with E-state index in [0.29, 0.717) is 17.9 Å². The lowest BCUT2D eigenvalue weighted by molar-refractivity contribution is -0.135. The van der Waals surface area contributed by atoms with Gasteiger partial charge in [0.25, 0.3) is 5.91 Å². The maximum Gasteiger partial charge on any atom is 0.283 e. The SMILES string of the molecule is CCc1ccc(CCC(=O)NNC(=O)C2COc3ccccc3O2)cc1. The van der Waals surface area contributed by atoms with Crippen LogP contribution < -0.4 is 20.3 Å². The lowest BCUT2D eigenvalue weighted by Crippen LogP contribution is -2.50. The van der Waals surface area contributed by atoms with E-state index in [1.807, 2.05) is 18.2 Å². The summed E-state index contributed by atoms with van der Waals surface area (Å²) in [7, 11) is 0. The molecule has 0 saturated heterocycles. The Morgan fingerprint density at radius 3 is 2.42 bits per heavy atom. The number of carbonyl (C=O) groups is 2. The first kappa shape index (κ1) is 17.8. The van der Waals surface area contributed by atoms with Crippen LogP contribution in [-0.2, 0) is 22.4 Å². The zero-order chi connectivity index (χ0) is 18.4. The maximum absolute atomic E-state index is 12.1. The molecular weight excluding hydrogens is 332 g/mol. The maximum atomic E-state index is 12.1. The van der Waals surface area contributed by atoms with E-state index < -0.39 is 12.0 Å². The molecule has 2 aromatic rings. The molecule has 3 rings (SSSR count). The summed E-state index contributed by atoms with van der Waals surface area (Å²) in [6.07, 6.45) is 1.09. The number of aryl methyl sites for hydroxylation is 2. The number of rotatable bonds is 5. The summed E-state index contributed by atoms with van der Waals surface area (Å²) >= 11 is 0. The fourth-order valence-electron chi connectivity index (χ4n) is 2.62. The minimum atomic E-state index is -0.799. The monoisotopic (exact) mass is 354 g/mol. The number of para-hydroxylation sites is 2.